The minimum absolute atomic E-state index is 0.126. The van der Waals surface area contributed by atoms with Gasteiger partial charge in [0.15, 0.2) is 35.1 Å². The second-order valence-corrected chi connectivity index (χ2v) is 31.8. The molecule has 8 aliphatic rings. The molecule has 18 atom stereocenters. The summed E-state index contributed by atoms with van der Waals surface area (Å²) in [4.78, 5) is 137. The molecule has 7 amide bonds. The second kappa shape index (κ2) is 38.5. The standard InChI is InChI=1S/C85H92Cl2N8O29/c1-5-117-83(116)75-72(106)70(104)67(90-58(101)13-11-9-7-6-8-10-12-35(2)3)84(124-75)123-74-55-28-40-29-56(74)120-52-23-18-39(26-47(52)86)68(102)66-81(113)94-65(82(114)115)45-30-41(97)31-54(121-85-73(107)71(105)69(103)57(34-96)122-85)59(45)44-25-37(16-21-49(44)98)62(78(110)95-66)91-79(111)63(40)92-80(112)64-46-32-43(33-51(100)60(46)87)119-53-27-38(17-22-50(53)99)61(88-4)77(109)89-48(76(108)93-64)24-36-14-19-42(118-55)20-15-36/h14-23,25-33,35,48,57,61-73,75,84-85,88,96-100,102-107H,5-13,24,34H2,1-4H3,(H,89,109)(H,90,101)(H,91,111)(H,92,112)(H,93,108)(H,94,113)(H,95,110)(H,114,115)/t48?,57-,61?,62?,63?,64?,65?,66?,67-,68?,69-,70-,71+,72+,73+,75+,84-,85+/m1/s1. The molecule has 7 aromatic rings. The molecule has 0 radical (unpaired) electrons. The quantitative estimate of drug-likeness (QED) is 0.0386. The number of aliphatic hydroxyl groups is 7. The fraction of sp³-hybridized carbons (Fsp3) is 0.400. The maximum Gasteiger partial charge on any atom is 0.338 e. The highest BCUT2D eigenvalue weighted by molar-refractivity contribution is 6.33. The third kappa shape index (κ3) is 19.5. The van der Waals surface area contributed by atoms with Gasteiger partial charge in [0.25, 0.3) is 0 Å². The highest BCUT2D eigenvalue weighted by atomic mass is 35.5. The fourth-order valence-corrected chi connectivity index (χ4v) is 15.9. The van der Waals surface area contributed by atoms with Crippen LogP contribution in [0.5, 0.6) is 69.0 Å². The summed E-state index contributed by atoms with van der Waals surface area (Å²) >= 11 is 14.2. The van der Waals surface area contributed by atoms with E-state index in [0.717, 1.165) is 105 Å². The molecule has 0 saturated carbocycles. The molecule has 7 aromatic carbocycles. The average Bonchev–Trinajstić information content (AvgIpc) is 0.763. The number of aliphatic hydroxyl groups excluding tert-OH is 7. The second-order valence-electron chi connectivity index (χ2n) is 31.0. The first-order valence-corrected chi connectivity index (χ1v) is 40.6. The Kier molecular flexibility index (Phi) is 27.9. The van der Waals surface area contributed by atoms with Crippen molar-refractivity contribution in [3.05, 3.63) is 164 Å². The molecular formula is C85H92Cl2N8O29. The normalized spacial score (nSPS) is 26.2. The fourth-order valence-electron chi connectivity index (χ4n) is 15.4. The number of esters is 1. The number of halogens is 2. The van der Waals surface area contributed by atoms with E-state index in [2.05, 4.69) is 56.4 Å². The van der Waals surface area contributed by atoms with Crippen molar-refractivity contribution < 1.29 is 142 Å². The minimum atomic E-state index is -2.45. The Morgan fingerprint density at radius 2 is 1.20 bits per heavy atom. The number of hydrogen-bond acceptors (Lipinski definition) is 29. The van der Waals surface area contributed by atoms with E-state index in [-0.39, 0.29) is 41.4 Å². The molecule has 0 spiro atoms. The first-order valence-electron chi connectivity index (χ1n) is 39.9. The summed E-state index contributed by atoms with van der Waals surface area (Å²) in [6.45, 7) is 4.47. The number of phenols is 4. The van der Waals surface area contributed by atoms with E-state index in [1.807, 2.05) is 0 Å². The van der Waals surface area contributed by atoms with Crippen LogP contribution >= 0.6 is 23.2 Å². The number of aliphatic carboxylic acids is 1. The number of carbonyl (C=O) groups excluding carboxylic acids is 8. The van der Waals surface area contributed by atoms with Crippen molar-refractivity contribution in [3.8, 4) is 80.1 Å². The van der Waals surface area contributed by atoms with E-state index in [0.29, 0.717) is 24.3 Å². The van der Waals surface area contributed by atoms with Crippen LogP contribution in [-0.2, 0) is 63.8 Å². The summed E-state index contributed by atoms with van der Waals surface area (Å²) in [5.41, 5.74) is -3.18. The zero-order chi connectivity index (χ0) is 89.0. The lowest BCUT2D eigenvalue weighted by molar-refractivity contribution is -0.277. The number of carbonyl (C=O) groups is 9. The number of likely N-dealkylation sites (N-methyl/N-ethyl adjacent to an activating group) is 1. The van der Waals surface area contributed by atoms with E-state index in [1.165, 1.54) is 56.4 Å². The highest BCUT2D eigenvalue weighted by Gasteiger charge is 2.52. The van der Waals surface area contributed by atoms with Crippen LogP contribution in [0.1, 0.15) is 147 Å². The summed E-state index contributed by atoms with van der Waals surface area (Å²) < 4.78 is 49.8. The molecule has 124 heavy (non-hydrogen) atoms. The SMILES string of the molecule is CCOC(=O)[C@H]1O[C@@H](Oc2c3cc4cc2Oc2ccc(cc2Cl)C(O)C2NC(=O)C(NC(=O)C4NC(=O)C4NC(=O)C(Cc5ccc(cc5)O3)NC(=O)C(NC)c3ccc(O)c(c3)Oc3cc(O)c(Cl)c4c3)c3ccc(O)c(c3)-c3c(O[C@H]4O[C@H](CO)[C@@H](O)[C@H](O)[C@@H]4O)cc(O)cc3C(C(=O)O)NC2=O)[C@H](NC(=O)CCCCCCCCC(C)C)[C@@H](O)[C@@H]1O. The zero-order valence-electron chi connectivity index (χ0n) is 66.8. The van der Waals surface area contributed by atoms with E-state index < -0.39 is 271 Å². The number of fused-ring (bicyclic) bond motifs is 14. The van der Waals surface area contributed by atoms with Gasteiger partial charge in [0.1, 0.15) is 125 Å². The molecule has 15 rings (SSSR count). The van der Waals surface area contributed by atoms with Crippen molar-refractivity contribution in [1.82, 2.24) is 42.5 Å². The van der Waals surface area contributed by atoms with Crippen molar-refractivity contribution >= 4 is 76.5 Å². The van der Waals surface area contributed by atoms with Crippen LogP contribution in [0.3, 0.4) is 0 Å². The third-order valence-corrected chi connectivity index (χ3v) is 22.6. The maximum atomic E-state index is 16.7. The Labute approximate surface area is 716 Å². The summed E-state index contributed by atoms with van der Waals surface area (Å²) in [5, 5.41) is 158. The Morgan fingerprint density at radius 3 is 1.90 bits per heavy atom. The molecular weight excluding hydrogens is 1670 g/mol. The molecule has 2 fully saturated rings. The highest BCUT2D eigenvalue weighted by Crippen LogP contribution is 2.51. The number of carboxylic acid groups (broad SMARTS) is 1. The van der Waals surface area contributed by atoms with E-state index in [4.69, 9.17) is 61.1 Å². The van der Waals surface area contributed by atoms with Gasteiger partial charge in [0.05, 0.1) is 23.3 Å². The van der Waals surface area contributed by atoms with E-state index in [1.54, 1.807) is 0 Å². The lowest BCUT2D eigenvalue weighted by Crippen LogP contribution is -2.66. The van der Waals surface area contributed by atoms with Gasteiger partial charge in [-0.25, -0.2) is 9.59 Å². The van der Waals surface area contributed by atoms with Crippen molar-refractivity contribution in [1.29, 1.82) is 0 Å². The van der Waals surface area contributed by atoms with E-state index >= 15 is 24.0 Å². The molecule has 39 heteroatoms. The topological polar surface area (TPSA) is 566 Å². The van der Waals surface area contributed by atoms with Crippen LogP contribution in [-0.4, -0.2) is 208 Å². The van der Waals surface area contributed by atoms with Crippen molar-refractivity contribution in [2.75, 3.05) is 20.3 Å². The zero-order valence-corrected chi connectivity index (χ0v) is 68.3. The Morgan fingerprint density at radius 1 is 0.556 bits per heavy atom. The molecule has 37 nitrogen and oxygen atoms in total. The third-order valence-electron chi connectivity index (χ3n) is 21.9. The van der Waals surface area contributed by atoms with Crippen LogP contribution in [0.15, 0.2) is 115 Å². The molecule has 20 N–H and O–H groups in total. The number of carboxylic acids is 1. The Balaban J connectivity index is 1.04. The number of rotatable bonds is 19. The predicted octanol–water partition coefficient (Wildman–Crippen LogP) is 4.66. The summed E-state index contributed by atoms with van der Waals surface area (Å²) in [6, 6.07) is 4.84. The van der Waals surface area contributed by atoms with Gasteiger partial charge in [-0.15, -0.1) is 0 Å². The molecule has 0 aromatic heterocycles. The molecule has 17 bridgehead atoms. The summed E-state index contributed by atoms with van der Waals surface area (Å²) in [6.07, 6.45) is -15.7. The number of phenolic OH excluding ortho intramolecular Hbond substituents is 4. The average molecular weight is 1760 g/mol. The Bertz CT molecular complexity index is 5240. The lowest BCUT2D eigenvalue weighted by Gasteiger charge is -2.41. The molecule has 8 aliphatic heterocycles. The van der Waals surface area contributed by atoms with Gasteiger partial charge in [0, 0.05) is 47.2 Å². The number of hydrogen-bond donors (Lipinski definition) is 20. The first kappa shape index (κ1) is 89.9. The predicted molar refractivity (Wildman–Crippen MR) is 433 cm³/mol. The molecule has 0 aliphatic carbocycles. The monoisotopic (exact) mass is 1760 g/mol. The number of nitrogens with one attached hydrogen (secondary N) is 8. The van der Waals surface area contributed by atoms with Gasteiger partial charge in [-0.3, -0.25) is 33.6 Å². The van der Waals surface area contributed by atoms with Gasteiger partial charge < -0.3 is 142 Å². The lowest BCUT2D eigenvalue weighted by atomic mass is 9.89. The summed E-state index contributed by atoms with van der Waals surface area (Å²) in [7, 11) is 1.43. The van der Waals surface area contributed by atoms with Gasteiger partial charge in [-0.2, -0.15) is 0 Å². The number of ether oxygens (including phenoxy) is 8. The molecule has 8 heterocycles. The minimum Gasteiger partial charge on any atom is -0.508 e. The van der Waals surface area contributed by atoms with Gasteiger partial charge in [0.2, 0.25) is 59.7 Å². The summed E-state index contributed by atoms with van der Waals surface area (Å²) in [5.74, 6) is -18.1. The number of unbranched alkanes of at least 4 members (excludes halogenated alkanes) is 5. The van der Waals surface area contributed by atoms with Crippen LogP contribution in [0.25, 0.3) is 11.1 Å². The largest absolute Gasteiger partial charge is 0.508 e. The Hall–Kier alpha value is -11.8. The van der Waals surface area contributed by atoms with Gasteiger partial charge >= 0.3 is 11.9 Å². The smallest absolute Gasteiger partial charge is 0.338 e. The number of aromatic hydroxyl groups is 4. The van der Waals surface area contributed by atoms with Crippen LogP contribution in [0.4, 0.5) is 0 Å². The van der Waals surface area contributed by atoms with E-state index in [9.17, 15) is 80.5 Å². The van der Waals surface area contributed by atoms with Crippen molar-refractivity contribution in [2.45, 2.75) is 188 Å². The molecule has 8 unspecified atom stereocenters. The number of benzene rings is 7. The van der Waals surface area contributed by atoms with Crippen LogP contribution in [0, 0.1) is 5.92 Å². The van der Waals surface area contributed by atoms with Crippen LogP contribution < -0.4 is 66.2 Å². The molecule has 660 valence electrons. The molecule has 2 saturated heterocycles. The van der Waals surface area contributed by atoms with Gasteiger partial charge in [-0.1, -0.05) is 106 Å². The number of amides is 7. The maximum absolute atomic E-state index is 16.7. The van der Waals surface area contributed by atoms with Gasteiger partial charge in [-0.05, 0) is 127 Å². The van der Waals surface area contributed by atoms with Crippen molar-refractivity contribution in [3.63, 3.8) is 0 Å². The first-order chi connectivity index (χ1) is 59.2. The van der Waals surface area contributed by atoms with Crippen molar-refractivity contribution in [2.24, 2.45) is 5.92 Å². The van der Waals surface area contributed by atoms with Crippen LogP contribution in [0.2, 0.25) is 10.0 Å².